The monoisotopic (exact) mass is 211 g/mol. The molecule has 0 fully saturated rings. The third-order valence-electron chi connectivity index (χ3n) is 1.75. The van der Waals surface area contributed by atoms with E-state index in [1.165, 1.54) is 0 Å². The van der Waals surface area contributed by atoms with Crippen LogP contribution in [0.2, 0.25) is 0 Å². The molecule has 0 aliphatic heterocycles. The topological polar surface area (TPSA) is 56.2 Å². The Bertz CT molecular complexity index is 296. The molecule has 15 heavy (non-hydrogen) atoms. The number of ether oxygens (including phenoxy) is 1. The summed E-state index contributed by atoms with van der Waals surface area (Å²) in [6, 6.07) is 0.0189. The van der Waals surface area contributed by atoms with Crippen molar-refractivity contribution in [2.45, 2.75) is 39.5 Å². The molecule has 5 nitrogen and oxygen atoms in total. The zero-order valence-electron chi connectivity index (χ0n) is 9.30. The number of alkyl carbamates (subject to hydrolysis) is 1. The Balaban J connectivity index is 2.29. The second kappa shape index (κ2) is 5.38. The fraction of sp³-hybridized carbons (Fsp3) is 0.600. The smallest absolute Gasteiger partial charge is 0.407 e. The lowest BCUT2D eigenvalue weighted by atomic mass is 10.3. The molecule has 0 saturated carbocycles. The number of rotatable bonds is 4. The number of hydrogen-bond acceptors (Lipinski definition) is 3. The predicted octanol–water partition coefficient (Wildman–Crippen LogP) is 1.41. The van der Waals surface area contributed by atoms with Gasteiger partial charge in [-0.2, -0.15) is 0 Å². The number of nitrogens with zero attached hydrogens (tertiary/aromatic N) is 2. The first-order chi connectivity index (χ1) is 7.08. The van der Waals surface area contributed by atoms with Gasteiger partial charge in [0.1, 0.15) is 0 Å². The largest absolute Gasteiger partial charge is 0.447 e. The van der Waals surface area contributed by atoms with E-state index in [-0.39, 0.29) is 18.2 Å². The summed E-state index contributed by atoms with van der Waals surface area (Å²) < 4.78 is 6.87. The van der Waals surface area contributed by atoms with Crippen molar-refractivity contribution in [3.63, 3.8) is 0 Å². The molecule has 5 heteroatoms. The second-order valence-corrected chi connectivity index (χ2v) is 3.76. The SMILES string of the molecule is CC(Cn1ccnc1)NC(=O)OC(C)C. The minimum Gasteiger partial charge on any atom is -0.447 e. The molecule has 1 aromatic rings. The summed E-state index contributed by atoms with van der Waals surface area (Å²) in [5.74, 6) is 0. The molecule has 0 spiro atoms. The molecule has 1 rings (SSSR count). The van der Waals surface area contributed by atoms with Crippen molar-refractivity contribution in [2.24, 2.45) is 0 Å². The van der Waals surface area contributed by atoms with Gasteiger partial charge in [-0.25, -0.2) is 9.78 Å². The summed E-state index contributed by atoms with van der Waals surface area (Å²) in [5, 5.41) is 2.74. The van der Waals surface area contributed by atoms with Crippen LogP contribution < -0.4 is 5.32 Å². The summed E-state index contributed by atoms with van der Waals surface area (Å²) >= 11 is 0. The number of hydrogen-bond donors (Lipinski definition) is 1. The first kappa shape index (κ1) is 11.6. The molecule has 0 aliphatic carbocycles. The molecule has 1 unspecified atom stereocenters. The van der Waals surface area contributed by atoms with Crippen LogP contribution in [0.25, 0.3) is 0 Å². The van der Waals surface area contributed by atoms with Crippen molar-refractivity contribution in [2.75, 3.05) is 0 Å². The van der Waals surface area contributed by atoms with E-state index < -0.39 is 0 Å². The maximum absolute atomic E-state index is 11.2. The van der Waals surface area contributed by atoms with Gasteiger partial charge in [-0.15, -0.1) is 0 Å². The van der Waals surface area contributed by atoms with E-state index in [4.69, 9.17) is 4.74 Å². The molecule has 0 aromatic carbocycles. The molecule has 1 heterocycles. The molecule has 1 atom stereocenters. The van der Waals surface area contributed by atoms with Crippen molar-refractivity contribution in [1.82, 2.24) is 14.9 Å². The van der Waals surface area contributed by atoms with Gasteiger partial charge in [0.2, 0.25) is 0 Å². The van der Waals surface area contributed by atoms with Gasteiger partial charge < -0.3 is 14.6 Å². The highest BCUT2D eigenvalue weighted by Crippen LogP contribution is 1.94. The molecule has 1 amide bonds. The van der Waals surface area contributed by atoms with E-state index in [9.17, 15) is 4.79 Å². The third kappa shape index (κ3) is 4.49. The Morgan fingerprint density at radius 3 is 2.80 bits per heavy atom. The summed E-state index contributed by atoms with van der Waals surface area (Å²) in [6.45, 7) is 6.25. The van der Waals surface area contributed by atoms with E-state index in [2.05, 4.69) is 10.3 Å². The van der Waals surface area contributed by atoms with Gasteiger partial charge in [-0.05, 0) is 20.8 Å². The van der Waals surface area contributed by atoms with Crippen LogP contribution >= 0.6 is 0 Å². The maximum Gasteiger partial charge on any atom is 0.407 e. The highest BCUT2D eigenvalue weighted by atomic mass is 16.6. The van der Waals surface area contributed by atoms with Gasteiger partial charge >= 0.3 is 6.09 Å². The van der Waals surface area contributed by atoms with Crippen LogP contribution in [0, 0.1) is 0 Å². The van der Waals surface area contributed by atoms with Gasteiger partial charge in [0, 0.05) is 25.0 Å². The third-order valence-corrected chi connectivity index (χ3v) is 1.75. The quantitative estimate of drug-likeness (QED) is 0.819. The van der Waals surface area contributed by atoms with Crippen molar-refractivity contribution in [3.8, 4) is 0 Å². The average molecular weight is 211 g/mol. The Labute approximate surface area is 89.4 Å². The molecule has 0 bridgehead atoms. The minimum atomic E-state index is -0.377. The zero-order valence-corrected chi connectivity index (χ0v) is 9.30. The second-order valence-electron chi connectivity index (χ2n) is 3.76. The Kier molecular flexibility index (Phi) is 4.15. The Morgan fingerprint density at radius 2 is 2.27 bits per heavy atom. The fourth-order valence-electron chi connectivity index (χ4n) is 1.21. The van der Waals surface area contributed by atoms with Crippen LogP contribution in [0.5, 0.6) is 0 Å². The van der Waals surface area contributed by atoms with E-state index >= 15 is 0 Å². The molecule has 0 saturated heterocycles. The number of aromatic nitrogens is 2. The van der Waals surface area contributed by atoms with E-state index in [0.29, 0.717) is 6.54 Å². The fourth-order valence-corrected chi connectivity index (χ4v) is 1.21. The summed E-state index contributed by atoms with van der Waals surface area (Å²) in [7, 11) is 0. The van der Waals surface area contributed by atoms with Gasteiger partial charge in [0.05, 0.1) is 12.4 Å². The normalized spacial score (nSPS) is 12.5. The van der Waals surface area contributed by atoms with E-state index in [1.807, 2.05) is 31.5 Å². The van der Waals surface area contributed by atoms with Gasteiger partial charge in [0.25, 0.3) is 0 Å². The van der Waals surface area contributed by atoms with Crippen molar-refractivity contribution >= 4 is 6.09 Å². The van der Waals surface area contributed by atoms with Crippen LogP contribution in [0.15, 0.2) is 18.7 Å². The van der Waals surface area contributed by atoms with E-state index in [1.54, 1.807) is 12.5 Å². The predicted molar refractivity (Wildman–Crippen MR) is 56.4 cm³/mol. The van der Waals surface area contributed by atoms with Crippen LogP contribution in [-0.4, -0.2) is 27.8 Å². The number of nitrogens with one attached hydrogen (secondary N) is 1. The van der Waals surface area contributed by atoms with Gasteiger partial charge in [-0.1, -0.05) is 0 Å². The summed E-state index contributed by atoms with van der Waals surface area (Å²) in [6.07, 6.45) is 4.81. The molecule has 1 N–H and O–H groups in total. The van der Waals surface area contributed by atoms with Crippen LogP contribution in [0.1, 0.15) is 20.8 Å². The van der Waals surface area contributed by atoms with Crippen molar-refractivity contribution < 1.29 is 9.53 Å². The standard InChI is InChI=1S/C10H17N3O2/c1-8(2)15-10(14)12-9(3)6-13-5-4-11-7-13/h4-5,7-9H,6H2,1-3H3,(H,12,14). The van der Waals surface area contributed by atoms with E-state index in [0.717, 1.165) is 0 Å². The molecule has 1 aromatic heterocycles. The Hall–Kier alpha value is -1.52. The van der Waals surface area contributed by atoms with Crippen LogP contribution in [0.3, 0.4) is 0 Å². The van der Waals surface area contributed by atoms with Crippen LogP contribution in [-0.2, 0) is 11.3 Å². The first-order valence-corrected chi connectivity index (χ1v) is 5.01. The lowest BCUT2D eigenvalue weighted by Crippen LogP contribution is -2.36. The first-order valence-electron chi connectivity index (χ1n) is 5.01. The molecule has 0 aliphatic rings. The zero-order chi connectivity index (χ0) is 11.3. The number of carbonyl (C=O) groups excluding carboxylic acids is 1. The molecular weight excluding hydrogens is 194 g/mol. The van der Waals surface area contributed by atoms with Gasteiger partial charge in [0.15, 0.2) is 0 Å². The summed E-state index contributed by atoms with van der Waals surface area (Å²) in [4.78, 5) is 15.2. The maximum atomic E-state index is 11.2. The average Bonchev–Trinajstić information content (AvgIpc) is 2.53. The van der Waals surface area contributed by atoms with Crippen LogP contribution in [0.4, 0.5) is 4.79 Å². The van der Waals surface area contributed by atoms with Gasteiger partial charge in [-0.3, -0.25) is 0 Å². The minimum absolute atomic E-state index is 0.0189. The number of carbonyl (C=O) groups is 1. The number of amides is 1. The lowest BCUT2D eigenvalue weighted by Gasteiger charge is -2.15. The highest BCUT2D eigenvalue weighted by Gasteiger charge is 2.09. The lowest BCUT2D eigenvalue weighted by molar-refractivity contribution is 0.112. The molecular formula is C10H17N3O2. The number of imidazole rings is 1. The molecule has 0 radical (unpaired) electrons. The summed E-state index contributed by atoms with van der Waals surface area (Å²) in [5.41, 5.74) is 0. The van der Waals surface area contributed by atoms with Crippen molar-refractivity contribution in [1.29, 1.82) is 0 Å². The highest BCUT2D eigenvalue weighted by molar-refractivity contribution is 5.67. The molecule has 84 valence electrons. The Morgan fingerprint density at radius 1 is 1.53 bits per heavy atom. The van der Waals surface area contributed by atoms with Crippen molar-refractivity contribution in [3.05, 3.63) is 18.7 Å².